The minimum absolute atomic E-state index is 0.0438. The minimum atomic E-state index is 0.0438. The van der Waals surface area contributed by atoms with Crippen LogP contribution in [0.25, 0.3) is 0 Å². The van der Waals surface area contributed by atoms with Gasteiger partial charge in [-0.2, -0.15) is 0 Å². The summed E-state index contributed by atoms with van der Waals surface area (Å²) >= 11 is 0. The topological polar surface area (TPSA) is 44.4 Å². The molecule has 1 amide bonds. The Hall–Kier alpha value is -1.39. The van der Waals surface area contributed by atoms with Crippen LogP contribution in [0.3, 0.4) is 0 Å². The quantitative estimate of drug-likeness (QED) is 0.891. The van der Waals surface area contributed by atoms with Gasteiger partial charge in [0.1, 0.15) is 0 Å². The highest BCUT2D eigenvalue weighted by Crippen LogP contribution is 2.21. The molecule has 4 nitrogen and oxygen atoms in total. The standard InChI is InChI=1S/C18H27N3O/c1-14-12-19-10-9-16(14)20-18(22)17-8-5-11-21(17)13-15-6-3-2-4-7-15/h2-4,6-7,14,16-17,19H,5,8-13H2,1H3,(H,20,22). The van der Waals surface area contributed by atoms with Gasteiger partial charge < -0.3 is 10.6 Å². The number of hydrogen-bond donors (Lipinski definition) is 2. The lowest BCUT2D eigenvalue weighted by Crippen LogP contribution is -2.52. The normalized spacial score (nSPS) is 29.4. The van der Waals surface area contributed by atoms with Crippen molar-refractivity contribution in [2.75, 3.05) is 19.6 Å². The molecule has 0 aromatic heterocycles. The fraction of sp³-hybridized carbons (Fsp3) is 0.611. The lowest BCUT2D eigenvalue weighted by molar-refractivity contribution is -0.126. The Bertz CT molecular complexity index is 490. The Labute approximate surface area is 133 Å². The molecule has 3 atom stereocenters. The third-order valence-electron chi connectivity index (χ3n) is 5.01. The SMILES string of the molecule is CC1CNCCC1NC(=O)C1CCCN1Cc1ccccc1. The second-order valence-corrected chi connectivity index (χ2v) is 6.70. The Morgan fingerprint density at radius 2 is 2.14 bits per heavy atom. The van der Waals surface area contributed by atoms with Crippen molar-refractivity contribution in [3.05, 3.63) is 35.9 Å². The lowest BCUT2D eigenvalue weighted by Gasteiger charge is -2.32. The number of hydrogen-bond acceptors (Lipinski definition) is 3. The van der Waals surface area contributed by atoms with E-state index in [-0.39, 0.29) is 11.9 Å². The molecule has 1 aromatic rings. The van der Waals surface area contributed by atoms with Crippen LogP contribution in [0.4, 0.5) is 0 Å². The summed E-state index contributed by atoms with van der Waals surface area (Å²) in [5.74, 6) is 0.744. The van der Waals surface area contributed by atoms with E-state index in [1.54, 1.807) is 0 Å². The zero-order chi connectivity index (χ0) is 15.4. The van der Waals surface area contributed by atoms with Gasteiger partial charge in [0.05, 0.1) is 6.04 Å². The highest BCUT2D eigenvalue weighted by atomic mass is 16.2. The van der Waals surface area contributed by atoms with Gasteiger partial charge in [0.25, 0.3) is 0 Å². The monoisotopic (exact) mass is 301 g/mol. The average molecular weight is 301 g/mol. The lowest BCUT2D eigenvalue weighted by atomic mass is 9.95. The van der Waals surface area contributed by atoms with Crippen LogP contribution in [0.2, 0.25) is 0 Å². The number of piperidine rings is 1. The fourth-order valence-corrected chi connectivity index (χ4v) is 3.64. The molecule has 2 aliphatic rings. The molecule has 1 aromatic carbocycles. The van der Waals surface area contributed by atoms with Gasteiger partial charge in [-0.3, -0.25) is 9.69 Å². The number of carbonyl (C=O) groups is 1. The van der Waals surface area contributed by atoms with Gasteiger partial charge in [0, 0.05) is 12.6 Å². The predicted octanol–water partition coefficient (Wildman–Crippen LogP) is 1.77. The molecule has 0 radical (unpaired) electrons. The van der Waals surface area contributed by atoms with Gasteiger partial charge in [0.15, 0.2) is 0 Å². The highest BCUT2D eigenvalue weighted by molar-refractivity contribution is 5.82. The molecule has 2 heterocycles. The molecular weight excluding hydrogens is 274 g/mol. The number of carbonyl (C=O) groups excluding carboxylic acids is 1. The number of rotatable bonds is 4. The first-order valence-corrected chi connectivity index (χ1v) is 8.53. The molecule has 2 N–H and O–H groups in total. The van der Waals surface area contributed by atoms with Gasteiger partial charge in [-0.05, 0) is 50.4 Å². The minimum Gasteiger partial charge on any atom is -0.352 e. The van der Waals surface area contributed by atoms with Crippen molar-refractivity contribution in [1.29, 1.82) is 0 Å². The molecule has 3 unspecified atom stereocenters. The summed E-state index contributed by atoms with van der Waals surface area (Å²) in [6.45, 7) is 6.12. The van der Waals surface area contributed by atoms with Crippen molar-refractivity contribution in [3.8, 4) is 0 Å². The third-order valence-corrected chi connectivity index (χ3v) is 5.01. The number of amides is 1. The first kappa shape index (κ1) is 15.5. The van der Waals surface area contributed by atoms with Gasteiger partial charge in [0.2, 0.25) is 5.91 Å². The fourth-order valence-electron chi connectivity index (χ4n) is 3.64. The van der Waals surface area contributed by atoms with Crippen LogP contribution < -0.4 is 10.6 Å². The third kappa shape index (κ3) is 3.68. The average Bonchev–Trinajstić information content (AvgIpc) is 2.99. The molecule has 0 saturated carbocycles. The maximum absolute atomic E-state index is 12.7. The second-order valence-electron chi connectivity index (χ2n) is 6.70. The van der Waals surface area contributed by atoms with E-state index >= 15 is 0 Å². The molecule has 0 bridgehead atoms. The highest BCUT2D eigenvalue weighted by Gasteiger charge is 2.33. The van der Waals surface area contributed by atoms with Crippen molar-refractivity contribution >= 4 is 5.91 Å². The van der Waals surface area contributed by atoms with Crippen LogP contribution in [0.5, 0.6) is 0 Å². The van der Waals surface area contributed by atoms with Gasteiger partial charge in [-0.1, -0.05) is 37.3 Å². The first-order chi connectivity index (χ1) is 10.7. The van der Waals surface area contributed by atoms with Crippen LogP contribution in [0.1, 0.15) is 31.7 Å². The molecule has 3 rings (SSSR count). The van der Waals surface area contributed by atoms with Crippen LogP contribution in [-0.2, 0) is 11.3 Å². The number of benzene rings is 1. The van der Waals surface area contributed by atoms with Crippen LogP contribution in [-0.4, -0.2) is 42.5 Å². The second kappa shape index (κ2) is 7.25. The summed E-state index contributed by atoms with van der Waals surface area (Å²) in [4.78, 5) is 15.0. The summed E-state index contributed by atoms with van der Waals surface area (Å²) in [5, 5.41) is 6.69. The smallest absolute Gasteiger partial charge is 0.237 e. The number of nitrogens with one attached hydrogen (secondary N) is 2. The summed E-state index contributed by atoms with van der Waals surface area (Å²) in [7, 11) is 0. The Morgan fingerprint density at radius 3 is 2.91 bits per heavy atom. The van der Waals surface area contributed by atoms with E-state index in [1.165, 1.54) is 5.56 Å². The van der Waals surface area contributed by atoms with E-state index in [4.69, 9.17) is 0 Å². The van der Waals surface area contributed by atoms with Gasteiger partial charge in [-0.25, -0.2) is 0 Å². The zero-order valence-corrected chi connectivity index (χ0v) is 13.4. The van der Waals surface area contributed by atoms with E-state index in [0.717, 1.165) is 45.4 Å². The van der Waals surface area contributed by atoms with Crippen LogP contribution in [0, 0.1) is 5.92 Å². The molecule has 2 saturated heterocycles. The summed E-state index contributed by atoms with van der Waals surface area (Å²) in [5.41, 5.74) is 1.29. The maximum atomic E-state index is 12.7. The molecule has 4 heteroatoms. The van der Waals surface area contributed by atoms with Gasteiger partial charge in [-0.15, -0.1) is 0 Å². The largest absolute Gasteiger partial charge is 0.352 e. The van der Waals surface area contributed by atoms with E-state index in [0.29, 0.717) is 12.0 Å². The van der Waals surface area contributed by atoms with Crippen molar-refractivity contribution in [2.45, 2.75) is 44.8 Å². The van der Waals surface area contributed by atoms with E-state index in [9.17, 15) is 4.79 Å². The van der Waals surface area contributed by atoms with E-state index in [1.807, 2.05) is 6.07 Å². The van der Waals surface area contributed by atoms with Crippen molar-refractivity contribution in [1.82, 2.24) is 15.5 Å². The predicted molar refractivity (Wildman–Crippen MR) is 88.5 cm³/mol. The Kier molecular flexibility index (Phi) is 5.11. The van der Waals surface area contributed by atoms with E-state index < -0.39 is 0 Å². The van der Waals surface area contributed by atoms with Crippen molar-refractivity contribution in [3.63, 3.8) is 0 Å². The first-order valence-electron chi connectivity index (χ1n) is 8.53. The van der Waals surface area contributed by atoms with Crippen molar-refractivity contribution < 1.29 is 4.79 Å². The summed E-state index contributed by atoms with van der Waals surface area (Å²) in [6.07, 6.45) is 3.14. The summed E-state index contributed by atoms with van der Waals surface area (Å²) in [6, 6.07) is 10.8. The van der Waals surface area contributed by atoms with Crippen molar-refractivity contribution in [2.24, 2.45) is 5.92 Å². The number of nitrogens with zero attached hydrogens (tertiary/aromatic N) is 1. The molecule has 0 spiro atoms. The maximum Gasteiger partial charge on any atom is 0.237 e. The molecule has 2 fully saturated rings. The van der Waals surface area contributed by atoms with Gasteiger partial charge >= 0.3 is 0 Å². The molecule has 22 heavy (non-hydrogen) atoms. The Balaban J connectivity index is 1.58. The van der Waals surface area contributed by atoms with E-state index in [2.05, 4.69) is 46.7 Å². The molecular formula is C18H27N3O. The summed E-state index contributed by atoms with van der Waals surface area (Å²) < 4.78 is 0. The molecule has 0 aliphatic carbocycles. The van der Waals surface area contributed by atoms with Crippen LogP contribution in [0.15, 0.2) is 30.3 Å². The number of likely N-dealkylation sites (tertiary alicyclic amines) is 1. The Morgan fingerprint density at radius 1 is 1.32 bits per heavy atom. The van der Waals surface area contributed by atoms with Crippen LogP contribution >= 0.6 is 0 Å². The molecule has 120 valence electrons. The molecule has 2 aliphatic heterocycles. The zero-order valence-electron chi connectivity index (χ0n) is 13.4.